The Morgan fingerprint density at radius 1 is 1.45 bits per heavy atom. The molecule has 2 N–H and O–H groups in total. The predicted molar refractivity (Wildman–Crippen MR) is 44.2 cm³/mol. The first-order chi connectivity index (χ1) is 5.14. The van der Waals surface area contributed by atoms with Crippen molar-refractivity contribution < 1.29 is 4.39 Å². The van der Waals surface area contributed by atoms with Gasteiger partial charge in [0.25, 0.3) is 0 Å². The van der Waals surface area contributed by atoms with Crippen molar-refractivity contribution in [2.45, 2.75) is 25.4 Å². The highest BCUT2D eigenvalue weighted by atomic mass is 19.1. The van der Waals surface area contributed by atoms with Crippen LogP contribution in [0.3, 0.4) is 0 Å². The van der Waals surface area contributed by atoms with Crippen molar-refractivity contribution in [1.29, 1.82) is 0 Å². The van der Waals surface area contributed by atoms with Gasteiger partial charge >= 0.3 is 0 Å². The Morgan fingerprint density at radius 2 is 2.00 bits per heavy atom. The van der Waals surface area contributed by atoms with Crippen LogP contribution in [0, 0.1) is 0 Å². The SMILES string of the molecule is CC(F)(CN)CN1CCCC1. The molecule has 1 fully saturated rings. The number of rotatable bonds is 3. The minimum absolute atomic E-state index is 0.128. The molecule has 3 heteroatoms. The second-order valence-electron chi connectivity index (χ2n) is 3.60. The van der Waals surface area contributed by atoms with Crippen LogP contribution >= 0.6 is 0 Å². The molecule has 0 aromatic rings. The third-order valence-electron chi connectivity index (χ3n) is 2.18. The highest BCUT2D eigenvalue weighted by Crippen LogP contribution is 2.15. The first-order valence-electron chi connectivity index (χ1n) is 4.25. The molecule has 1 unspecified atom stereocenters. The van der Waals surface area contributed by atoms with Crippen molar-refractivity contribution >= 4 is 0 Å². The molecule has 0 aliphatic carbocycles. The molecule has 2 nitrogen and oxygen atoms in total. The zero-order chi connectivity index (χ0) is 8.32. The summed E-state index contributed by atoms with van der Waals surface area (Å²) < 4.78 is 13.3. The third kappa shape index (κ3) is 2.75. The number of hydrogen-bond donors (Lipinski definition) is 1. The minimum Gasteiger partial charge on any atom is -0.327 e. The standard InChI is InChI=1S/C8H17FN2/c1-8(9,6-10)7-11-4-2-3-5-11/h2-7,10H2,1H3. The van der Waals surface area contributed by atoms with Crippen molar-refractivity contribution in [3.63, 3.8) is 0 Å². The zero-order valence-corrected chi connectivity index (χ0v) is 7.15. The quantitative estimate of drug-likeness (QED) is 0.660. The van der Waals surface area contributed by atoms with Crippen molar-refractivity contribution in [2.75, 3.05) is 26.2 Å². The Morgan fingerprint density at radius 3 is 2.45 bits per heavy atom. The van der Waals surface area contributed by atoms with Crippen LogP contribution in [-0.2, 0) is 0 Å². The smallest absolute Gasteiger partial charge is 0.133 e. The molecule has 0 bridgehead atoms. The van der Waals surface area contributed by atoms with Gasteiger partial charge in [0.1, 0.15) is 5.67 Å². The molecule has 1 saturated heterocycles. The number of nitrogens with zero attached hydrogens (tertiary/aromatic N) is 1. The van der Waals surface area contributed by atoms with Gasteiger partial charge in [-0.05, 0) is 32.9 Å². The summed E-state index contributed by atoms with van der Waals surface area (Å²) in [5.74, 6) is 0. The second kappa shape index (κ2) is 3.50. The summed E-state index contributed by atoms with van der Waals surface area (Å²) in [5, 5.41) is 0. The zero-order valence-electron chi connectivity index (χ0n) is 7.15. The average molecular weight is 160 g/mol. The first-order valence-corrected chi connectivity index (χ1v) is 4.25. The fourth-order valence-electron chi connectivity index (χ4n) is 1.47. The van der Waals surface area contributed by atoms with E-state index in [0.29, 0.717) is 6.54 Å². The summed E-state index contributed by atoms with van der Waals surface area (Å²) in [5.41, 5.74) is 4.09. The fourth-order valence-corrected chi connectivity index (χ4v) is 1.47. The number of hydrogen-bond acceptors (Lipinski definition) is 2. The number of alkyl halides is 1. The maximum Gasteiger partial charge on any atom is 0.133 e. The molecule has 66 valence electrons. The third-order valence-corrected chi connectivity index (χ3v) is 2.18. The largest absolute Gasteiger partial charge is 0.327 e. The molecule has 1 atom stereocenters. The molecule has 0 aromatic heterocycles. The molecule has 0 amide bonds. The minimum atomic E-state index is -1.19. The molecule has 0 spiro atoms. The molecule has 0 saturated carbocycles. The van der Waals surface area contributed by atoms with Crippen LogP contribution < -0.4 is 5.73 Å². The van der Waals surface area contributed by atoms with Crippen LogP contribution in [0.4, 0.5) is 4.39 Å². The second-order valence-corrected chi connectivity index (χ2v) is 3.60. The molecule has 1 rings (SSSR count). The van der Waals surface area contributed by atoms with Gasteiger partial charge in [-0.15, -0.1) is 0 Å². The summed E-state index contributed by atoms with van der Waals surface area (Å²) in [6, 6.07) is 0. The van der Waals surface area contributed by atoms with E-state index in [4.69, 9.17) is 5.73 Å². The van der Waals surface area contributed by atoms with Gasteiger partial charge in [-0.3, -0.25) is 0 Å². The fraction of sp³-hybridized carbons (Fsp3) is 1.00. The van der Waals surface area contributed by atoms with Crippen molar-refractivity contribution in [2.24, 2.45) is 5.73 Å². The van der Waals surface area contributed by atoms with Gasteiger partial charge in [0.15, 0.2) is 0 Å². The first kappa shape index (κ1) is 8.94. The van der Waals surface area contributed by atoms with E-state index in [-0.39, 0.29) is 6.54 Å². The summed E-state index contributed by atoms with van der Waals surface area (Å²) in [7, 11) is 0. The van der Waals surface area contributed by atoms with E-state index >= 15 is 0 Å². The molecule has 0 aromatic carbocycles. The molecule has 11 heavy (non-hydrogen) atoms. The van der Waals surface area contributed by atoms with E-state index in [9.17, 15) is 4.39 Å². The molecule has 0 radical (unpaired) electrons. The molecule has 1 aliphatic rings. The van der Waals surface area contributed by atoms with Crippen LogP contribution in [0.5, 0.6) is 0 Å². The van der Waals surface area contributed by atoms with Crippen molar-refractivity contribution in [3.8, 4) is 0 Å². The maximum atomic E-state index is 13.3. The van der Waals surface area contributed by atoms with Crippen LogP contribution in [0.1, 0.15) is 19.8 Å². The van der Waals surface area contributed by atoms with Gasteiger partial charge in [-0.1, -0.05) is 0 Å². The lowest BCUT2D eigenvalue weighted by Crippen LogP contribution is -2.41. The Balaban J connectivity index is 2.28. The molecule has 1 heterocycles. The lowest BCUT2D eigenvalue weighted by atomic mass is 10.1. The lowest BCUT2D eigenvalue weighted by molar-refractivity contribution is 0.132. The summed E-state index contributed by atoms with van der Waals surface area (Å²) in [6.45, 7) is 4.29. The Labute approximate surface area is 67.6 Å². The van der Waals surface area contributed by atoms with Gasteiger partial charge in [0.2, 0.25) is 0 Å². The van der Waals surface area contributed by atoms with Gasteiger partial charge < -0.3 is 10.6 Å². The highest BCUT2D eigenvalue weighted by Gasteiger charge is 2.25. The van der Waals surface area contributed by atoms with Crippen LogP contribution in [-0.4, -0.2) is 36.7 Å². The average Bonchev–Trinajstić information content (AvgIpc) is 2.39. The van der Waals surface area contributed by atoms with E-state index in [0.717, 1.165) is 13.1 Å². The Bertz CT molecular complexity index is 119. The van der Waals surface area contributed by atoms with E-state index in [1.165, 1.54) is 12.8 Å². The Kier molecular flexibility index (Phi) is 2.84. The van der Waals surface area contributed by atoms with Crippen molar-refractivity contribution in [3.05, 3.63) is 0 Å². The van der Waals surface area contributed by atoms with E-state index in [1.807, 2.05) is 0 Å². The predicted octanol–water partition coefficient (Wildman–Crippen LogP) is 0.769. The van der Waals surface area contributed by atoms with Gasteiger partial charge in [-0.25, -0.2) is 4.39 Å². The number of likely N-dealkylation sites (tertiary alicyclic amines) is 1. The lowest BCUT2D eigenvalue weighted by Gasteiger charge is -2.24. The van der Waals surface area contributed by atoms with E-state index in [2.05, 4.69) is 4.90 Å². The van der Waals surface area contributed by atoms with Gasteiger partial charge in [0.05, 0.1) is 0 Å². The number of nitrogens with two attached hydrogens (primary N) is 1. The monoisotopic (exact) mass is 160 g/mol. The van der Waals surface area contributed by atoms with Gasteiger partial charge in [-0.2, -0.15) is 0 Å². The molecular weight excluding hydrogens is 143 g/mol. The van der Waals surface area contributed by atoms with Crippen molar-refractivity contribution in [1.82, 2.24) is 4.90 Å². The number of halogens is 1. The Hall–Kier alpha value is -0.150. The van der Waals surface area contributed by atoms with Crippen LogP contribution in [0.15, 0.2) is 0 Å². The summed E-state index contributed by atoms with van der Waals surface area (Å²) in [6.07, 6.45) is 2.42. The van der Waals surface area contributed by atoms with E-state index < -0.39 is 5.67 Å². The summed E-state index contributed by atoms with van der Waals surface area (Å²) in [4.78, 5) is 2.15. The molecular formula is C8H17FN2. The van der Waals surface area contributed by atoms with Crippen LogP contribution in [0.25, 0.3) is 0 Å². The summed E-state index contributed by atoms with van der Waals surface area (Å²) >= 11 is 0. The normalized spacial score (nSPS) is 25.4. The topological polar surface area (TPSA) is 29.3 Å². The van der Waals surface area contributed by atoms with E-state index in [1.54, 1.807) is 6.92 Å². The molecule has 1 aliphatic heterocycles. The highest BCUT2D eigenvalue weighted by molar-refractivity contribution is 4.80. The van der Waals surface area contributed by atoms with Gasteiger partial charge in [0, 0.05) is 13.1 Å². The maximum absolute atomic E-state index is 13.3. The van der Waals surface area contributed by atoms with Crippen LogP contribution in [0.2, 0.25) is 0 Å².